The lowest BCUT2D eigenvalue weighted by Gasteiger charge is -2.19. The summed E-state index contributed by atoms with van der Waals surface area (Å²) in [4.78, 5) is 48.2. The molecule has 2 aromatic carbocycles. The summed E-state index contributed by atoms with van der Waals surface area (Å²) in [5, 5.41) is 7.31. The second-order valence-electron chi connectivity index (χ2n) is 8.15. The molecular weight excluding hydrogens is 436 g/mol. The van der Waals surface area contributed by atoms with Gasteiger partial charge in [0, 0.05) is 16.9 Å². The first-order chi connectivity index (χ1) is 15.4. The van der Waals surface area contributed by atoms with E-state index in [-0.39, 0.29) is 16.8 Å². The topological polar surface area (TPSA) is 114 Å². The zero-order chi connectivity index (χ0) is 24.3. The zero-order valence-electron chi connectivity index (χ0n) is 18.0. The van der Waals surface area contributed by atoms with Crippen LogP contribution in [-0.4, -0.2) is 29.3 Å². The molecule has 0 fully saturated rings. The van der Waals surface area contributed by atoms with Gasteiger partial charge in [-0.3, -0.25) is 24.5 Å². The van der Waals surface area contributed by atoms with Gasteiger partial charge in [-0.2, -0.15) is 0 Å². The second-order valence-corrected chi connectivity index (χ2v) is 8.15. The van der Waals surface area contributed by atoms with Crippen LogP contribution in [0.25, 0.3) is 5.57 Å². The molecule has 0 radical (unpaired) electrons. The molecule has 1 heterocycles. The largest absolute Gasteiger partial charge is 0.460 e. The Labute approximate surface area is 188 Å². The standard InChI is InChI=1S/C23H21F2N3O5/c1-23(2,3)33-17(30)11-16(29)26-12-7-9-13(10-8-12)27-20-18(21(31)28-22(20)32)14-5-4-6-15(24)19(14)25/h4-10H,11H2,1-3H3,(H,26,29)(H2,27,28,31,32). The van der Waals surface area contributed by atoms with Gasteiger partial charge in [-0.05, 0) is 51.1 Å². The highest BCUT2D eigenvalue weighted by molar-refractivity contribution is 6.36. The monoisotopic (exact) mass is 457 g/mol. The molecule has 3 amide bonds. The van der Waals surface area contributed by atoms with Crippen LogP contribution in [0, 0.1) is 11.6 Å². The highest BCUT2D eigenvalue weighted by Crippen LogP contribution is 2.28. The van der Waals surface area contributed by atoms with Gasteiger partial charge in [0.25, 0.3) is 11.8 Å². The van der Waals surface area contributed by atoms with E-state index >= 15 is 0 Å². The van der Waals surface area contributed by atoms with E-state index in [9.17, 15) is 28.0 Å². The Balaban J connectivity index is 1.74. The van der Waals surface area contributed by atoms with Crippen LogP contribution >= 0.6 is 0 Å². The number of carbonyl (C=O) groups excluding carboxylic acids is 4. The first-order valence-corrected chi connectivity index (χ1v) is 9.88. The van der Waals surface area contributed by atoms with Crippen LogP contribution in [0.1, 0.15) is 32.8 Å². The van der Waals surface area contributed by atoms with Crippen molar-refractivity contribution in [2.75, 3.05) is 10.6 Å². The van der Waals surface area contributed by atoms with E-state index in [1.54, 1.807) is 20.8 Å². The molecule has 0 bridgehead atoms. The van der Waals surface area contributed by atoms with Gasteiger partial charge in [-0.25, -0.2) is 8.78 Å². The van der Waals surface area contributed by atoms with Crippen molar-refractivity contribution in [3.8, 4) is 0 Å². The minimum atomic E-state index is -1.25. The Morgan fingerprint density at radius 1 is 0.970 bits per heavy atom. The van der Waals surface area contributed by atoms with Gasteiger partial charge in [0.2, 0.25) is 5.91 Å². The lowest BCUT2D eigenvalue weighted by Crippen LogP contribution is -2.27. The van der Waals surface area contributed by atoms with E-state index in [1.165, 1.54) is 36.4 Å². The number of ether oxygens (including phenoxy) is 1. The number of imide groups is 1. The van der Waals surface area contributed by atoms with Crippen LogP contribution in [0.5, 0.6) is 0 Å². The summed E-state index contributed by atoms with van der Waals surface area (Å²) in [5.74, 6) is -5.30. The summed E-state index contributed by atoms with van der Waals surface area (Å²) < 4.78 is 32.9. The van der Waals surface area contributed by atoms with Gasteiger partial charge in [-0.1, -0.05) is 12.1 Å². The summed E-state index contributed by atoms with van der Waals surface area (Å²) in [7, 11) is 0. The molecule has 0 unspecified atom stereocenters. The lowest BCUT2D eigenvalue weighted by molar-refractivity contribution is -0.155. The highest BCUT2D eigenvalue weighted by Gasteiger charge is 2.33. The number of halogens is 2. The smallest absolute Gasteiger partial charge is 0.315 e. The van der Waals surface area contributed by atoms with Gasteiger partial charge in [0.05, 0.1) is 5.57 Å². The predicted molar refractivity (Wildman–Crippen MR) is 116 cm³/mol. The molecule has 172 valence electrons. The van der Waals surface area contributed by atoms with Gasteiger partial charge in [-0.15, -0.1) is 0 Å². The Bertz CT molecular complexity index is 1170. The third-order valence-corrected chi connectivity index (χ3v) is 4.32. The molecular formula is C23H21F2N3O5. The molecule has 0 saturated carbocycles. The quantitative estimate of drug-likeness (QED) is 0.349. The van der Waals surface area contributed by atoms with E-state index in [0.717, 1.165) is 6.07 Å². The minimum Gasteiger partial charge on any atom is -0.460 e. The van der Waals surface area contributed by atoms with E-state index in [4.69, 9.17) is 4.74 Å². The number of nitrogens with one attached hydrogen (secondary N) is 3. The number of hydrogen-bond donors (Lipinski definition) is 3. The number of amides is 3. The van der Waals surface area contributed by atoms with Crippen LogP contribution in [0.4, 0.5) is 20.2 Å². The highest BCUT2D eigenvalue weighted by atomic mass is 19.2. The maximum absolute atomic E-state index is 14.2. The maximum Gasteiger partial charge on any atom is 0.315 e. The van der Waals surface area contributed by atoms with Crippen molar-refractivity contribution in [1.29, 1.82) is 0 Å². The Kier molecular flexibility index (Phi) is 6.57. The van der Waals surface area contributed by atoms with Crippen molar-refractivity contribution in [1.82, 2.24) is 5.32 Å². The summed E-state index contributed by atoms with van der Waals surface area (Å²) in [6, 6.07) is 9.29. The molecule has 0 atom stereocenters. The summed E-state index contributed by atoms with van der Waals surface area (Å²) in [6.07, 6.45) is -0.463. The van der Waals surface area contributed by atoms with Gasteiger partial charge >= 0.3 is 5.97 Å². The fourth-order valence-corrected chi connectivity index (χ4v) is 3.02. The van der Waals surface area contributed by atoms with Crippen molar-refractivity contribution < 1.29 is 32.7 Å². The van der Waals surface area contributed by atoms with E-state index in [2.05, 4.69) is 10.6 Å². The Morgan fingerprint density at radius 3 is 2.24 bits per heavy atom. The average Bonchev–Trinajstić information content (AvgIpc) is 2.97. The van der Waals surface area contributed by atoms with Crippen molar-refractivity contribution in [3.05, 3.63) is 65.4 Å². The molecule has 0 saturated heterocycles. The average molecular weight is 457 g/mol. The van der Waals surface area contributed by atoms with Crippen LogP contribution in [0.3, 0.4) is 0 Å². The van der Waals surface area contributed by atoms with Crippen molar-refractivity contribution in [2.45, 2.75) is 32.8 Å². The number of anilines is 2. The molecule has 1 aliphatic heterocycles. The third-order valence-electron chi connectivity index (χ3n) is 4.32. The summed E-state index contributed by atoms with van der Waals surface area (Å²) in [5.41, 5.74) is -0.925. The fourth-order valence-electron chi connectivity index (χ4n) is 3.02. The van der Waals surface area contributed by atoms with Crippen LogP contribution in [0.2, 0.25) is 0 Å². The number of benzene rings is 2. The molecule has 3 rings (SSSR count). The molecule has 8 nitrogen and oxygen atoms in total. The second kappa shape index (κ2) is 9.19. The van der Waals surface area contributed by atoms with Crippen LogP contribution in [0.15, 0.2) is 48.2 Å². The maximum atomic E-state index is 14.2. The molecule has 0 aromatic heterocycles. The van der Waals surface area contributed by atoms with E-state index < -0.39 is 47.3 Å². The SMILES string of the molecule is CC(C)(C)OC(=O)CC(=O)Nc1ccc(NC2=C(c3cccc(F)c3F)C(=O)NC2=O)cc1. The summed E-state index contributed by atoms with van der Waals surface area (Å²) >= 11 is 0. The number of esters is 1. The zero-order valence-corrected chi connectivity index (χ0v) is 18.0. The summed E-state index contributed by atoms with van der Waals surface area (Å²) in [6.45, 7) is 5.07. The Hall–Kier alpha value is -4.08. The van der Waals surface area contributed by atoms with Crippen LogP contribution < -0.4 is 16.0 Å². The molecule has 2 aromatic rings. The van der Waals surface area contributed by atoms with Crippen molar-refractivity contribution in [3.63, 3.8) is 0 Å². The molecule has 33 heavy (non-hydrogen) atoms. The molecule has 0 spiro atoms. The molecule has 3 N–H and O–H groups in total. The first-order valence-electron chi connectivity index (χ1n) is 9.88. The first kappa shape index (κ1) is 23.6. The van der Waals surface area contributed by atoms with Crippen molar-refractivity contribution in [2.24, 2.45) is 0 Å². The number of carbonyl (C=O) groups is 4. The van der Waals surface area contributed by atoms with E-state index in [0.29, 0.717) is 11.4 Å². The Morgan fingerprint density at radius 2 is 1.61 bits per heavy atom. The third kappa shape index (κ3) is 5.79. The van der Waals surface area contributed by atoms with Crippen LogP contribution in [-0.2, 0) is 23.9 Å². The normalized spacial score (nSPS) is 13.6. The van der Waals surface area contributed by atoms with Gasteiger partial charge in [0.15, 0.2) is 11.6 Å². The lowest BCUT2D eigenvalue weighted by atomic mass is 10.0. The minimum absolute atomic E-state index is 0.244. The number of hydrogen-bond acceptors (Lipinski definition) is 6. The molecule has 10 heteroatoms. The number of rotatable bonds is 6. The fraction of sp³-hybridized carbons (Fsp3) is 0.217. The van der Waals surface area contributed by atoms with E-state index in [1.807, 2.05) is 5.32 Å². The van der Waals surface area contributed by atoms with Crippen molar-refractivity contribution >= 4 is 40.6 Å². The molecule has 1 aliphatic rings. The van der Waals surface area contributed by atoms with Gasteiger partial charge < -0.3 is 15.4 Å². The molecule has 0 aliphatic carbocycles. The van der Waals surface area contributed by atoms with Gasteiger partial charge in [0.1, 0.15) is 17.7 Å². The predicted octanol–water partition coefficient (Wildman–Crippen LogP) is 3.11.